The van der Waals surface area contributed by atoms with Crippen LogP contribution in [-0.2, 0) is 0 Å². The highest BCUT2D eigenvalue weighted by Crippen LogP contribution is 2.45. The second kappa shape index (κ2) is 17.8. The Bertz CT molecular complexity index is 5310. The van der Waals surface area contributed by atoms with E-state index in [1.807, 2.05) is 24.3 Å². The van der Waals surface area contributed by atoms with Crippen LogP contribution in [0.15, 0.2) is 277 Å². The number of aromatic nitrogens is 5. The van der Waals surface area contributed by atoms with E-state index in [0.717, 1.165) is 99.5 Å². The summed E-state index contributed by atoms with van der Waals surface area (Å²) in [6.45, 7) is 0. The second-order valence-electron chi connectivity index (χ2n) is 21.1. The molecule has 0 N–H and O–H groups in total. The fourth-order valence-electron chi connectivity index (χ4n) is 12.6. The van der Waals surface area contributed by atoms with Crippen LogP contribution in [0.25, 0.3) is 166 Å². The maximum atomic E-state index is 7.09. The van der Waals surface area contributed by atoms with Crippen molar-refractivity contribution in [1.29, 1.82) is 0 Å². The summed E-state index contributed by atoms with van der Waals surface area (Å²) >= 11 is 0. The molecule has 0 aliphatic carbocycles. The van der Waals surface area contributed by atoms with Gasteiger partial charge in [0, 0.05) is 66.3 Å². The van der Waals surface area contributed by atoms with E-state index in [4.69, 9.17) is 19.4 Å². The largest absolute Gasteiger partial charge is 0.456 e. The summed E-state index contributed by atoms with van der Waals surface area (Å²) in [5, 5.41) is 13.8. The molecular formula is C75H45N5O. The highest BCUT2D eigenvalue weighted by Gasteiger charge is 2.24. The molecule has 0 unspecified atom stereocenters. The van der Waals surface area contributed by atoms with Crippen LogP contribution in [0.4, 0.5) is 0 Å². The summed E-state index contributed by atoms with van der Waals surface area (Å²) in [5.41, 5.74) is 15.3. The summed E-state index contributed by atoms with van der Waals surface area (Å²) < 4.78 is 11.9. The molecule has 0 spiro atoms. The zero-order valence-electron chi connectivity index (χ0n) is 43.6. The van der Waals surface area contributed by atoms with E-state index in [9.17, 15) is 0 Å². The molecule has 0 radical (unpaired) electrons. The maximum Gasteiger partial charge on any atom is 0.164 e. The van der Waals surface area contributed by atoms with Gasteiger partial charge in [-0.05, 0) is 128 Å². The molecule has 6 heteroatoms. The Labute approximate surface area is 464 Å². The van der Waals surface area contributed by atoms with E-state index in [-0.39, 0.29) is 0 Å². The van der Waals surface area contributed by atoms with Gasteiger partial charge in [-0.3, -0.25) is 0 Å². The molecule has 81 heavy (non-hydrogen) atoms. The molecule has 6 nitrogen and oxygen atoms in total. The van der Waals surface area contributed by atoms with Gasteiger partial charge >= 0.3 is 0 Å². The summed E-state index contributed by atoms with van der Waals surface area (Å²) in [7, 11) is 0. The van der Waals surface area contributed by atoms with Crippen molar-refractivity contribution in [3.63, 3.8) is 0 Å². The van der Waals surface area contributed by atoms with Crippen molar-refractivity contribution in [3.05, 3.63) is 273 Å². The third-order valence-corrected chi connectivity index (χ3v) is 16.5. The highest BCUT2D eigenvalue weighted by atomic mass is 16.3. The van der Waals surface area contributed by atoms with Crippen LogP contribution in [-0.4, -0.2) is 24.1 Å². The lowest BCUT2D eigenvalue weighted by atomic mass is 9.95. The molecule has 0 bridgehead atoms. The first-order valence-corrected chi connectivity index (χ1v) is 27.5. The number of fused-ring (bicyclic) bond motifs is 12. The molecule has 0 amide bonds. The van der Waals surface area contributed by atoms with Crippen LogP contribution in [0.5, 0.6) is 0 Å². The number of para-hydroxylation sites is 2. The molecule has 0 fully saturated rings. The number of rotatable bonds is 7. The van der Waals surface area contributed by atoms with E-state index < -0.39 is 0 Å². The lowest BCUT2D eigenvalue weighted by molar-refractivity contribution is 0.668. The molecular weight excluding hydrogens is 987 g/mol. The van der Waals surface area contributed by atoms with E-state index >= 15 is 0 Å². The van der Waals surface area contributed by atoms with Gasteiger partial charge in [0.1, 0.15) is 11.2 Å². The lowest BCUT2D eigenvalue weighted by Crippen LogP contribution is -2.00. The lowest BCUT2D eigenvalue weighted by Gasteiger charge is -2.16. The maximum absolute atomic E-state index is 7.09. The molecule has 17 aromatic rings. The minimum absolute atomic E-state index is 0.561. The Kier molecular flexibility index (Phi) is 9.91. The molecule has 17 rings (SSSR count). The summed E-state index contributed by atoms with van der Waals surface area (Å²) in [5.74, 6) is 1.74. The minimum Gasteiger partial charge on any atom is -0.456 e. The normalized spacial score (nSPS) is 12.0. The van der Waals surface area contributed by atoms with Crippen LogP contribution in [0, 0.1) is 0 Å². The standard InChI is InChI=1S/C75H45N5O/c1-3-17-49(18-4-1)73-76-74(56-36-37-66-61(41-56)58-26-13-14-28-65(58)79(66)57-24-5-2-6-25-57)78-75(77-73)59-27-15-29-70-72(59)64-44-60(48-33-30-47(31-34-48)55-35-32-46-16-7-8-19-50(46)38-55)69(45-71(64)81-70)80-67-42-53-22-11-9-20-51(53)39-62(67)63-40-52-21-10-12-23-54(52)43-68(63)80/h1-45H. The van der Waals surface area contributed by atoms with Crippen LogP contribution < -0.4 is 0 Å². The first-order chi connectivity index (χ1) is 40.1. The van der Waals surface area contributed by atoms with Crippen molar-refractivity contribution in [2.24, 2.45) is 0 Å². The van der Waals surface area contributed by atoms with E-state index in [1.54, 1.807) is 0 Å². The van der Waals surface area contributed by atoms with Crippen molar-refractivity contribution in [2.45, 2.75) is 0 Å². The average Bonchev–Trinajstić information content (AvgIpc) is 4.09. The number of furan rings is 1. The Balaban J connectivity index is 0.906. The minimum atomic E-state index is 0.561. The number of hydrogen-bond donors (Lipinski definition) is 0. The average molecular weight is 1030 g/mol. The van der Waals surface area contributed by atoms with Gasteiger partial charge < -0.3 is 13.6 Å². The van der Waals surface area contributed by atoms with Gasteiger partial charge in [0.05, 0.1) is 27.8 Å². The van der Waals surface area contributed by atoms with Gasteiger partial charge in [-0.1, -0.05) is 188 Å². The quantitative estimate of drug-likeness (QED) is 0.160. The monoisotopic (exact) mass is 1030 g/mol. The van der Waals surface area contributed by atoms with Gasteiger partial charge in [0.2, 0.25) is 0 Å². The van der Waals surface area contributed by atoms with Crippen molar-refractivity contribution < 1.29 is 4.42 Å². The third-order valence-electron chi connectivity index (χ3n) is 16.5. The zero-order chi connectivity index (χ0) is 53.1. The smallest absolute Gasteiger partial charge is 0.164 e. The molecule has 4 aromatic heterocycles. The first-order valence-electron chi connectivity index (χ1n) is 27.5. The summed E-state index contributed by atoms with van der Waals surface area (Å²) in [6, 6.07) is 97.8. The van der Waals surface area contributed by atoms with Gasteiger partial charge in [0.25, 0.3) is 0 Å². The van der Waals surface area contributed by atoms with Crippen LogP contribution in [0.2, 0.25) is 0 Å². The fourth-order valence-corrected chi connectivity index (χ4v) is 12.6. The first kappa shape index (κ1) is 45.1. The molecule has 0 aliphatic heterocycles. The van der Waals surface area contributed by atoms with Crippen molar-refractivity contribution >= 4 is 97.9 Å². The van der Waals surface area contributed by atoms with E-state index in [2.05, 4.69) is 258 Å². The topological polar surface area (TPSA) is 61.7 Å². The summed E-state index contributed by atoms with van der Waals surface area (Å²) in [4.78, 5) is 16.0. The molecule has 4 heterocycles. The van der Waals surface area contributed by atoms with Gasteiger partial charge in [-0.25, -0.2) is 15.0 Å². The number of hydrogen-bond acceptors (Lipinski definition) is 4. The van der Waals surface area contributed by atoms with Crippen LogP contribution >= 0.6 is 0 Å². The second-order valence-corrected chi connectivity index (χ2v) is 21.1. The third kappa shape index (κ3) is 7.24. The van der Waals surface area contributed by atoms with Crippen LogP contribution in [0.3, 0.4) is 0 Å². The molecule has 0 aliphatic rings. The predicted octanol–water partition coefficient (Wildman–Crippen LogP) is 19.8. The van der Waals surface area contributed by atoms with Crippen molar-refractivity contribution in [1.82, 2.24) is 24.1 Å². The molecule has 0 saturated carbocycles. The summed E-state index contributed by atoms with van der Waals surface area (Å²) in [6.07, 6.45) is 0. The Hall–Kier alpha value is -11.0. The number of nitrogens with zero attached hydrogens (tertiary/aromatic N) is 5. The van der Waals surface area contributed by atoms with E-state index in [1.165, 1.54) is 48.7 Å². The zero-order valence-corrected chi connectivity index (χ0v) is 43.6. The number of benzene rings is 13. The Morgan fingerprint density at radius 2 is 0.802 bits per heavy atom. The predicted molar refractivity (Wildman–Crippen MR) is 335 cm³/mol. The SMILES string of the molecule is c1ccc(-c2nc(-c3ccc4c(c3)c3ccccc3n4-c3ccccc3)nc(-c3cccc4oc5cc(-n6c7cc8ccccc8cc7c7cc8ccccc8cc76)c(-c6ccc(-c7ccc8ccccc8c7)cc6)cc5c34)n2)cc1. The Morgan fingerprint density at radius 3 is 1.52 bits per heavy atom. The molecule has 0 saturated heterocycles. The molecule has 13 aromatic carbocycles. The van der Waals surface area contributed by atoms with Gasteiger partial charge in [0.15, 0.2) is 17.5 Å². The fraction of sp³-hybridized carbons (Fsp3) is 0. The molecule has 0 atom stereocenters. The van der Waals surface area contributed by atoms with Crippen molar-refractivity contribution in [3.8, 4) is 67.8 Å². The van der Waals surface area contributed by atoms with E-state index in [0.29, 0.717) is 17.5 Å². The van der Waals surface area contributed by atoms with Gasteiger partial charge in [-0.2, -0.15) is 0 Å². The Morgan fingerprint density at radius 1 is 0.259 bits per heavy atom. The van der Waals surface area contributed by atoms with Crippen LogP contribution in [0.1, 0.15) is 0 Å². The van der Waals surface area contributed by atoms with Gasteiger partial charge in [-0.15, -0.1) is 0 Å². The highest BCUT2D eigenvalue weighted by molar-refractivity contribution is 6.19. The molecule has 376 valence electrons. The van der Waals surface area contributed by atoms with Crippen molar-refractivity contribution in [2.75, 3.05) is 0 Å².